The number of hydrogen-bond donors (Lipinski definition) is 0. The van der Waals surface area contributed by atoms with Crippen LogP contribution in [0, 0.1) is 12.7 Å². The van der Waals surface area contributed by atoms with E-state index in [1.807, 2.05) is 38.1 Å². The Bertz CT molecular complexity index is 553. The third-order valence-corrected chi connectivity index (χ3v) is 2.95. The Morgan fingerprint density at radius 3 is 2.76 bits per heavy atom. The molecule has 0 unspecified atom stereocenters. The Balaban J connectivity index is 2.38. The van der Waals surface area contributed by atoms with E-state index < -0.39 is 0 Å². The molecule has 0 radical (unpaired) electrons. The number of fused-ring (bicyclic) bond motifs is 1. The predicted octanol–water partition coefficient (Wildman–Crippen LogP) is 4.80. The quantitative estimate of drug-likeness (QED) is 0.662. The van der Waals surface area contributed by atoms with Gasteiger partial charge in [-0.2, -0.15) is 0 Å². The highest BCUT2D eigenvalue weighted by Gasteiger charge is 2.03. The second-order valence-corrected chi connectivity index (χ2v) is 4.41. The second-order valence-electron chi connectivity index (χ2n) is 4.41. The zero-order valence-electron chi connectivity index (χ0n) is 10.3. The molecule has 0 aromatic heterocycles. The first-order valence-electron chi connectivity index (χ1n) is 6.00. The van der Waals surface area contributed by atoms with Crippen LogP contribution in [0.5, 0.6) is 0 Å². The standard InChI is InChI=1S/C16H17F/c1-3-4-5-6-13-10-14-8-7-12(2)9-15(14)16(17)11-13/h3-4,7-11H,5-6H2,1-2H3. The lowest BCUT2D eigenvalue weighted by Gasteiger charge is -2.05. The Kier molecular flexibility index (Phi) is 3.58. The van der Waals surface area contributed by atoms with Crippen molar-refractivity contribution >= 4 is 10.8 Å². The van der Waals surface area contributed by atoms with E-state index in [0.717, 1.165) is 34.7 Å². The van der Waals surface area contributed by atoms with E-state index in [4.69, 9.17) is 0 Å². The van der Waals surface area contributed by atoms with Gasteiger partial charge < -0.3 is 0 Å². The minimum atomic E-state index is -0.110. The van der Waals surface area contributed by atoms with E-state index >= 15 is 0 Å². The summed E-state index contributed by atoms with van der Waals surface area (Å²) in [6.45, 7) is 3.99. The van der Waals surface area contributed by atoms with Crippen molar-refractivity contribution < 1.29 is 4.39 Å². The van der Waals surface area contributed by atoms with Gasteiger partial charge in [0.25, 0.3) is 0 Å². The lowest BCUT2D eigenvalue weighted by Crippen LogP contribution is -1.88. The fourth-order valence-corrected chi connectivity index (χ4v) is 2.05. The van der Waals surface area contributed by atoms with Gasteiger partial charge >= 0.3 is 0 Å². The van der Waals surface area contributed by atoms with E-state index in [1.165, 1.54) is 0 Å². The van der Waals surface area contributed by atoms with E-state index in [-0.39, 0.29) is 5.82 Å². The molecule has 0 aliphatic carbocycles. The zero-order valence-corrected chi connectivity index (χ0v) is 10.3. The molecule has 0 atom stereocenters. The molecule has 0 saturated heterocycles. The predicted molar refractivity (Wildman–Crippen MR) is 71.8 cm³/mol. The first kappa shape index (κ1) is 11.8. The Morgan fingerprint density at radius 2 is 2.00 bits per heavy atom. The van der Waals surface area contributed by atoms with Crippen LogP contribution in [0.1, 0.15) is 24.5 Å². The number of halogens is 1. The summed E-state index contributed by atoms with van der Waals surface area (Å²) in [5, 5.41) is 1.71. The van der Waals surface area contributed by atoms with Crippen molar-refractivity contribution in [2.45, 2.75) is 26.7 Å². The van der Waals surface area contributed by atoms with E-state index in [0.29, 0.717) is 0 Å². The van der Waals surface area contributed by atoms with Crippen molar-refractivity contribution in [3.63, 3.8) is 0 Å². The Morgan fingerprint density at radius 1 is 1.18 bits per heavy atom. The van der Waals surface area contributed by atoms with Crippen molar-refractivity contribution in [3.05, 3.63) is 59.4 Å². The summed E-state index contributed by atoms with van der Waals surface area (Å²) in [4.78, 5) is 0. The van der Waals surface area contributed by atoms with Crippen LogP contribution in [0.15, 0.2) is 42.5 Å². The van der Waals surface area contributed by atoms with Crippen molar-refractivity contribution in [1.82, 2.24) is 0 Å². The van der Waals surface area contributed by atoms with E-state index in [9.17, 15) is 4.39 Å². The summed E-state index contributed by atoms with van der Waals surface area (Å²) in [6.07, 6.45) is 6.00. The van der Waals surface area contributed by atoms with Gasteiger partial charge in [0.05, 0.1) is 0 Å². The molecule has 2 aromatic rings. The molecule has 0 aliphatic heterocycles. The second kappa shape index (κ2) is 5.13. The van der Waals surface area contributed by atoms with Gasteiger partial charge in [0, 0.05) is 5.39 Å². The first-order valence-corrected chi connectivity index (χ1v) is 6.00. The molecule has 0 bridgehead atoms. The molecule has 1 heteroatoms. The third-order valence-electron chi connectivity index (χ3n) is 2.95. The van der Waals surface area contributed by atoms with Gasteiger partial charge in [-0.1, -0.05) is 35.9 Å². The number of benzene rings is 2. The molecule has 0 aliphatic rings. The largest absolute Gasteiger partial charge is 0.206 e. The molecule has 0 amide bonds. The molecule has 88 valence electrons. The maximum Gasteiger partial charge on any atom is 0.131 e. The van der Waals surface area contributed by atoms with Gasteiger partial charge in [-0.3, -0.25) is 0 Å². The molecule has 0 fully saturated rings. The molecule has 0 heterocycles. The minimum Gasteiger partial charge on any atom is -0.206 e. The number of allylic oxidation sites excluding steroid dienone is 2. The van der Waals surface area contributed by atoms with Gasteiger partial charge in [-0.15, -0.1) is 0 Å². The summed E-state index contributed by atoms with van der Waals surface area (Å²) in [5.41, 5.74) is 2.16. The number of aryl methyl sites for hydroxylation is 2. The summed E-state index contributed by atoms with van der Waals surface area (Å²) in [5.74, 6) is -0.110. The third kappa shape index (κ3) is 2.73. The lowest BCUT2D eigenvalue weighted by atomic mass is 10.0. The average Bonchev–Trinajstić information content (AvgIpc) is 2.31. The molecular weight excluding hydrogens is 211 g/mol. The van der Waals surface area contributed by atoms with Crippen LogP contribution in [-0.4, -0.2) is 0 Å². The van der Waals surface area contributed by atoms with Crippen LogP contribution < -0.4 is 0 Å². The van der Waals surface area contributed by atoms with Gasteiger partial charge in [-0.05, 0) is 49.8 Å². The van der Waals surface area contributed by atoms with Crippen LogP contribution in [0.3, 0.4) is 0 Å². The van der Waals surface area contributed by atoms with E-state index in [2.05, 4.69) is 12.1 Å². The van der Waals surface area contributed by atoms with Crippen LogP contribution in [0.4, 0.5) is 4.39 Å². The van der Waals surface area contributed by atoms with E-state index in [1.54, 1.807) is 6.07 Å². The van der Waals surface area contributed by atoms with Crippen LogP contribution in [0.25, 0.3) is 10.8 Å². The number of hydrogen-bond acceptors (Lipinski definition) is 0. The first-order chi connectivity index (χ1) is 8.20. The molecule has 0 saturated carbocycles. The highest BCUT2D eigenvalue weighted by Crippen LogP contribution is 2.22. The summed E-state index contributed by atoms with van der Waals surface area (Å²) >= 11 is 0. The SMILES string of the molecule is CC=CCCc1cc(F)c2cc(C)ccc2c1. The summed E-state index contributed by atoms with van der Waals surface area (Å²) in [6, 6.07) is 9.66. The Labute approximate surface area is 102 Å². The smallest absolute Gasteiger partial charge is 0.131 e. The topological polar surface area (TPSA) is 0 Å². The van der Waals surface area contributed by atoms with Crippen LogP contribution >= 0.6 is 0 Å². The summed E-state index contributed by atoms with van der Waals surface area (Å²) < 4.78 is 13.9. The Hall–Kier alpha value is -1.63. The molecule has 0 spiro atoms. The maximum absolute atomic E-state index is 13.9. The number of rotatable bonds is 3. The minimum absolute atomic E-state index is 0.110. The van der Waals surface area contributed by atoms with Gasteiger partial charge in [0.1, 0.15) is 5.82 Å². The summed E-state index contributed by atoms with van der Waals surface area (Å²) in [7, 11) is 0. The van der Waals surface area contributed by atoms with Gasteiger partial charge in [0.15, 0.2) is 0 Å². The fraction of sp³-hybridized carbons (Fsp3) is 0.250. The molecule has 2 aromatic carbocycles. The van der Waals surface area contributed by atoms with Crippen LogP contribution in [0.2, 0.25) is 0 Å². The van der Waals surface area contributed by atoms with Crippen molar-refractivity contribution in [3.8, 4) is 0 Å². The van der Waals surface area contributed by atoms with Crippen LogP contribution in [-0.2, 0) is 6.42 Å². The highest BCUT2D eigenvalue weighted by atomic mass is 19.1. The molecule has 0 nitrogen and oxygen atoms in total. The van der Waals surface area contributed by atoms with Crippen molar-refractivity contribution in [2.24, 2.45) is 0 Å². The molecular formula is C16H17F. The fourth-order valence-electron chi connectivity index (χ4n) is 2.05. The average molecular weight is 228 g/mol. The monoisotopic (exact) mass is 228 g/mol. The molecule has 17 heavy (non-hydrogen) atoms. The van der Waals surface area contributed by atoms with Gasteiger partial charge in [0.2, 0.25) is 0 Å². The normalized spacial score (nSPS) is 11.5. The highest BCUT2D eigenvalue weighted by molar-refractivity contribution is 5.84. The van der Waals surface area contributed by atoms with Gasteiger partial charge in [-0.25, -0.2) is 4.39 Å². The molecule has 2 rings (SSSR count). The lowest BCUT2D eigenvalue weighted by molar-refractivity contribution is 0.637. The van der Waals surface area contributed by atoms with Crippen molar-refractivity contribution in [2.75, 3.05) is 0 Å². The van der Waals surface area contributed by atoms with Crippen molar-refractivity contribution in [1.29, 1.82) is 0 Å². The zero-order chi connectivity index (χ0) is 12.3. The maximum atomic E-state index is 13.9. The molecule has 0 N–H and O–H groups in total.